The molecule has 5 nitrogen and oxygen atoms in total. The number of fused-ring (bicyclic) bond motifs is 1. The molecule has 0 saturated heterocycles. The van der Waals surface area contributed by atoms with E-state index in [9.17, 15) is 0 Å². The smallest absolute Gasteiger partial charge is 0.139 e. The number of nitrogens with one attached hydrogen (secondary N) is 1. The van der Waals surface area contributed by atoms with Gasteiger partial charge in [0, 0.05) is 24.1 Å². The number of benzene rings is 1. The van der Waals surface area contributed by atoms with Gasteiger partial charge in [0.15, 0.2) is 0 Å². The van der Waals surface area contributed by atoms with E-state index in [-0.39, 0.29) is 6.61 Å². The van der Waals surface area contributed by atoms with E-state index in [2.05, 4.69) is 32.8 Å². The summed E-state index contributed by atoms with van der Waals surface area (Å²) in [5, 5.41) is 15.6. The van der Waals surface area contributed by atoms with Crippen LogP contribution in [0.5, 0.6) is 5.75 Å². The molecule has 0 unspecified atom stereocenters. The number of hydrogen-bond acceptors (Lipinski definition) is 6. The van der Waals surface area contributed by atoms with E-state index in [0.717, 1.165) is 64.5 Å². The summed E-state index contributed by atoms with van der Waals surface area (Å²) in [5.74, 6) is 2.54. The number of unbranched alkanes of at least 4 members (excludes halogenated alkanes) is 2. The van der Waals surface area contributed by atoms with Crippen molar-refractivity contribution in [1.82, 2.24) is 9.97 Å². The van der Waals surface area contributed by atoms with Gasteiger partial charge in [0.1, 0.15) is 22.2 Å². The maximum Gasteiger partial charge on any atom is 0.139 e. The molecule has 0 fully saturated rings. The zero-order chi connectivity index (χ0) is 18.4. The maximum atomic E-state index is 8.90. The van der Waals surface area contributed by atoms with E-state index in [0.29, 0.717) is 6.61 Å². The molecule has 0 saturated carbocycles. The lowest BCUT2D eigenvalue weighted by atomic mass is 10.1. The molecule has 26 heavy (non-hydrogen) atoms. The van der Waals surface area contributed by atoms with Gasteiger partial charge < -0.3 is 15.2 Å². The van der Waals surface area contributed by atoms with Crippen LogP contribution in [0.25, 0.3) is 21.3 Å². The molecule has 3 aromatic rings. The SMILES string of the molecule is CCOc1ccc(-c2csc3nc(C)nc(NCCCCCO)c23)cc1. The summed E-state index contributed by atoms with van der Waals surface area (Å²) in [5.41, 5.74) is 2.28. The lowest BCUT2D eigenvalue weighted by molar-refractivity contribution is 0.283. The zero-order valence-electron chi connectivity index (χ0n) is 15.3. The van der Waals surface area contributed by atoms with E-state index >= 15 is 0 Å². The molecule has 0 aliphatic heterocycles. The summed E-state index contributed by atoms with van der Waals surface area (Å²) in [6.07, 6.45) is 2.86. The van der Waals surface area contributed by atoms with Crippen LogP contribution in [0, 0.1) is 6.92 Å². The molecule has 0 radical (unpaired) electrons. The van der Waals surface area contributed by atoms with Crippen molar-refractivity contribution in [3.05, 3.63) is 35.5 Å². The van der Waals surface area contributed by atoms with E-state index < -0.39 is 0 Å². The van der Waals surface area contributed by atoms with Crippen molar-refractivity contribution in [3.8, 4) is 16.9 Å². The molecule has 3 rings (SSSR count). The van der Waals surface area contributed by atoms with Gasteiger partial charge in [0.25, 0.3) is 0 Å². The van der Waals surface area contributed by atoms with Crippen molar-refractivity contribution in [3.63, 3.8) is 0 Å². The Bertz CT molecular complexity index is 846. The topological polar surface area (TPSA) is 67.3 Å². The van der Waals surface area contributed by atoms with Crippen LogP contribution in [0.1, 0.15) is 32.0 Å². The van der Waals surface area contributed by atoms with Gasteiger partial charge in [-0.15, -0.1) is 11.3 Å². The zero-order valence-corrected chi connectivity index (χ0v) is 16.1. The van der Waals surface area contributed by atoms with Gasteiger partial charge in [-0.25, -0.2) is 9.97 Å². The van der Waals surface area contributed by atoms with Crippen molar-refractivity contribution in [2.45, 2.75) is 33.1 Å². The molecule has 2 heterocycles. The molecule has 0 spiro atoms. The standard InChI is InChI=1S/C20H25N3O2S/c1-3-25-16-9-7-15(8-10-16)17-13-26-20-18(17)19(22-14(2)23-20)21-11-5-4-6-12-24/h7-10,13,24H,3-6,11-12H2,1-2H3,(H,21,22,23). The first-order valence-electron chi connectivity index (χ1n) is 9.06. The van der Waals surface area contributed by atoms with E-state index in [1.54, 1.807) is 11.3 Å². The fraction of sp³-hybridized carbons (Fsp3) is 0.400. The van der Waals surface area contributed by atoms with Crippen molar-refractivity contribution in [2.24, 2.45) is 0 Å². The number of ether oxygens (including phenoxy) is 1. The van der Waals surface area contributed by atoms with Crippen LogP contribution < -0.4 is 10.1 Å². The summed E-state index contributed by atoms with van der Waals surface area (Å²) < 4.78 is 5.54. The van der Waals surface area contributed by atoms with Crippen LogP contribution in [0.4, 0.5) is 5.82 Å². The molecule has 138 valence electrons. The minimum atomic E-state index is 0.253. The first-order valence-corrected chi connectivity index (χ1v) is 9.94. The van der Waals surface area contributed by atoms with Gasteiger partial charge in [0.05, 0.1) is 12.0 Å². The predicted octanol–water partition coefficient (Wildman–Crippen LogP) is 4.64. The Hall–Kier alpha value is -2.18. The Kier molecular flexibility index (Phi) is 6.41. The lowest BCUT2D eigenvalue weighted by Gasteiger charge is -2.10. The molecule has 0 aliphatic rings. The number of aliphatic hydroxyl groups is 1. The Balaban J connectivity index is 1.88. The van der Waals surface area contributed by atoms with Crippen molar-refractivity contribution in [1.29, 1.82) is 0 Å². The summed E-state index contributed by atoms with van der Waals surface area (Å²) >= 11 is 1.64. The molecule has 0 atom stereocenters. The number of anilines is 1. The molecule has 0 bridgehead atoms. The largest absolute Gasteiger partial charge is 0.494 e. The van der Waals surface area contributed by atoms with E-state index in [1.165, 1.54) is 0 Å². The fourth-order valence-corrected chi connectivity index (χ4v) is 3.90. The normalized spacial score (nSPS) is 11.0. The van der Waals surface area contributed by atoms with Crippen LogP contribution in [-0.4, -0.2) is 34.8 Å². The number of thiophene rings is 1. The van der Waals surface area contributed by atoms with Crippen molar-refractivity contribution >= 4 is 27.4 Å². The molecular formula is C20H25N3O2S. The summed E-state index contributed by atoms with van der Waals surface area (Å²) in [6.45, 7) is 5.66. The van der Waals surface area contributed by atoms with Gasteiger partial charge in [-0.3, -0.25) is 0 Å². The van der Waals surface area contributed by atoms with Gasteiger partial charge in [-0.2, -0.15) is 0 Å². The molecule has 2 N–H and O–H groups in total. The Morgan fingerprint density at radius 3 is 2.65 bits per heavy atom. The molecule has 6 heteroatoms. The van der Waals surface area contributed by atoms with Crippen LogP contribution in [0.15, 0.2) is 29.6 Å². The average molecular weight is 372 g/mol. The van der Waals surface area contributed by atoms with Gasteiger partial charge in [0.2, 0.25) is 0 Å². The molecule has 1 aromatic carbocycles. The third kappa shape index (κ3) is 4.31. The highest BCUT2D eigenvalue weighted by Gasteiger charge is 2.14. The van der Waals surface area contributed by atoms with E-state index in [1.807, 2.05) is 26.0 Å². The third-order valence-corrected chi connectivity index (χ3v) is 5.02. The average Bonchev–Trinajstić information content (AvgIpc) is 3.06. The van der Waals surface area contributed by atoms with Crippen LogP contribution >= 0.6 is 11.3 Å². The van der Waals surface area contributed by atoms with Gasteiger partial charge in [-0.1, -0.05) is 12.1 Å². The fourth-order valence-electron chi connectivity index (χ4n) is 2.91. The van der Waals surface area contributed by atoms with Gasteiger partial charge in [-0.05, 0) is 50.8 Å². The first kappa shape index (κ1) is 18.6. The van der Waals surface area contributed by atoms with Crippen LogP contribution in [0.3, 0.4) is 0 Å². The predicted molar refractivity (Wildman–Crippen MR) is 108 cm³/mol. The highest BCUT2D eigenvalue weighted by Crippen LogP contribution is 2.37. The minimum absolute atomic E-state index is 0.253. The summed E-state index contributed by atoms with van der Waals surface area (Å²) in [4.78, 5) is 10.2. The number of hydrogen-bond donors (Lipinski definition) is 2. The number of aliphatic hydroxyl groups excluding tert-OH is 1. The molecule has 0 aliphatic carbocycles. The quantitative estimate of drug-likeness (QED) is 0.536. The number of aromatic nitrogens is 2. The van der Waals surface area contributed by atoms with Crippen LogP contribution in [-0.2, 0) is 0 Å². The Labute approximate surface area is 158 Å². The maximum absolute atomic E-state index is 8.90. The second-order valence-corrected chi connectivity index (χ2v) is 6.98. The number of nitrogens with zero attached hydrogens (tertiary/aromatic N) is 2. The lowest BCUT2D eigenvalue weighted by Crippen LogP contribution is -2.05. The number of aryl methyl sites for hydroxylation is 1. The number of rotatable bonds is 9. The second kappa shape index (κ2) is 8.96. The monoisotopic (exact) mass is 371 g/mol. The van der Waals surface area contributed by atoms with Crippen molar-refractivity contribution < 1.29 is 9.84 Å². The third-order valence-electron chi connectivity index (χ3n) is 4.15. The second-order valence-electron chi connectivity index (χ2n) is 6.12. The van der Waals surface area contributed by atoms with Crippen molar-refractivity contribution in [2.75, 3.05) is 25.1 Å². The highest BCUT2D eigenvalue weighted by molar-refractivity contribution is 7.17. The minimum Gasteiger partial charge on any atom is -0.494 e. The van der Waals surface area contributed by atoms with Gasteiger partial charge >= 0.3 is 0 Å². The van der Waals surface area contributed by atoms with E-state index in [4.69, 9.17) is 9.84 Å². The summed E-state index contributed by atoms with van der Waals surface area (Å²) in [6, 6.07) is 8.16. The Morgan fingerprint density at radius 2 is 1.92 bits per heavy atom. The first-order chi connectivity index (χ1) is 12.7. The van der Waals surface area contributed by atoms with Crippen LogP contribution in [0.2, 0.25) is 0 Å². The molecular weight excluding hydrogens is 346 g/mol. The highest BCUT2D eigenvalue weighted by atomic mass is 32.1. The molecule has 2 aromatic heterocycles. The Morgan fingerprint density at radius 1 is 1.12 bits per heavy atom. The molecule has 0 amide bonds. The summed E-state index contributed by atoms with van der Waals surface area (Å²) in [7, 11) is 0.